The van der Waals surface area contributed by atoms with E-state index >= 15 is 0 Å². The highest BCUT2D eigenvalue weighted by molar-refractivity contribution is 6.37. The largest absolute Gasteiger partial charge is 0.321 e. The Balaban J connectivity index is 1.53. The number of anilines is 1. The van der Waals surface area contributed by atoms with Crippen molar-refractivity contribution in [3.63, 3.8) is 0 Å². The van der Waals surface area contributed by atoms with Crippen LogP contribution in [0.5, 0.6) is 0 Å². The smallest absolute Gasteiger partial charge is 0.272 e. The van der Waals surface area contributed by atoms with Crippen molar-refractivity contribution in [3.8, 4) is 0 Å². The first-order chi connectivity index (χ1) is 18.8. The number of ketones is 1. The number of hydrogen-bond donors (Lipinski definition) is 2. The van der Waals surface area contributed by atoms with Crippen LogP contribution in [0.25, 0.3) is 12.2 Å². The Morgan fingerprint density at radius 1 is 0.641 bits per heavy atom. The quantitative estimate of drug-likeness (QED) is 0.165. The lowest BCUT2D eigenvalue weighted by Crippen LogP contribution is -2.30. The van der Waals surface area contributed by atoms with Gasteiger partial charge in [0, 0.05) is 37.4 Å². The summed E-state index contributed by atoms with van der Waals surface area (Å²) in [7, 11) is 0. The van der Waals surface area contributed by atoms with Crippen molar-refractivity contribution in [1.29, 1.82) is 0 Å². The monoisotopic (exact) mass is 574 g/mol. The third kappa shape index (κ3) is 7.45. The molecule has 0 heterocycles. The fourth-order valence-corrected chi connectivity index (χ4v) is 4.23. The van der Waals surface area contributed by atoms with E-state index in [2.05, 4.69) is 10.6 Å². The molecule has 0 saturated heterocycles. The van der Waals surface area contributed by atoms with Crippen molar-refractivity contribution in [1.82, 2.24) is 5.32 Å². The van der Waals surface area contributed by atoms with Gasteiger partial charge in [0.1, 0.15) is 5.70 Å². The third-order valence-corrected chi connectivity index (χ3v) is 6.57. The summed E-state index contributed by atoms with van der Waals surface area (Å²) >= 11 is 18.7. The van der Waals surface area contributed by atoms with E-state index in [-0.39, 0.29) is 11.5 Å². The molecule has 0 atom stereocenters. The highest BCUT2D eigenvalue weighted by atomic mass is 35.5. The van der Waals surface area contributed by atoms with Gasteiger partial charge in [-0.05, 0) is 78.4 Å². The summed E-state index contributed by atoms with van der Waals surface area (Å²) in [5.74, 6) is -1.31. The van der Waals surface area contributed by atoms with Crippen LogP contribution in [-0.4, -0.2) is 17.6 Å². The summed E-state index contributed by atoms with van der Waals surface area (Å²) in [5, 5.41) is 6.55. The summed E-state index contributed by atoms with van der Waals surface area (Å²) in [4.78, 5) is 38.7. The fraction of sp³-hybridized carbons (Fsp3) is 0. The van der Waals surface area contributed by atoms with Gasteiger partial charge in [0.15, 0.2) is 5.78 Å². The van der Waals surface area contributed by atoms with Gasteiger partial charge in [0.05, 0.1) is 0 Å². The van der Waals surface area contributed by atoms with Crippen LogP contribution in [0.2, 0.25) is 15.1 Å². The van der Waals surface area contributed by atoms with Crippen molar-refractivity contribution in [2.45, 2.75) is 0 Å². The number of nitrogens with one attached hydrogen (secondary N) is 2. The molecule has 0 fully saturated rings. The van der Waals surface area contributed by atoms with Gasteiger partial charge < -0.3 is 10.6 Å². The minimum atomic E-state index is -0.604. The van der Waals surface area contributed by atoms with Crippen LogP contribution in [0.4, 0.5) is 5.69 Å². The molecule has 4 rings (SSSR count). The van der Waals surface area contributed by atoms with E-state index < -0.39 is 11.8 Å². The molecule has 0 bridgehead atoms. The summed E-state index contributed by atoms with van der Waals surface area (Å²) in [6, 6.07) is 27.0. The molecule has 0 unspecified atom stereocenters. The molecule has 2 amide bonds. The number of rotatable bonds is 8. The summed E-state index contributed by atoms with van der Waals surface area (Å²) in [6.45, 7) is 0. The fourth-order valence-electron chi connectivity index (χ4n) is 3.52. The zero-order valence-electron chi connectivity index (χ0n) is 20.3. The SMILES string of the molecule is O=C(Nc1ccc(C(=O)/C=C/c2ccccc2Cl)cc1)/C(=C/c1c(Cl)cccc1Cl)NC(=O)c1ccccc1. The van der Waals surface area contributed by atoms with Crippen molar-refractivity contribution in [2.24, 2.45) is 0 Å². The van der Waals surface area contributed by atoms with Gasteiger partial charge in [0.2, 0.25) is 0 Å². The first kappa shape index (κ1) is 27.9. The standard InChI is InChI=1S/C31H21Cl3N2O3/c32-25-10-5-4-7-20(25)15-18-29(37)21-13-16-23(17-14-21)35-31(39)28(19-24-26(33)11-6-12-27(24)34)36-30(38)22-8-2-1-3-9-22/h1-19H,(H,35,39)(H,36,38)/b18-15+,28-19-. The average Bonchev–Trinajstić information content (AvgIpc) is 2.94. The van der Waals surface area contributed by atoms with Crippen molar-refractivity contribution >= 4 is 70.2 Å². The van der Waals surface area contributed by atoms with Gasteiger partial charge in [0.25, 0.3) is 11.8 Å². The Morgan fingerprint density at radius 2 is 1.26 bits per heavy atom. The van der Waals surface area contributed by atoms with Gasteiger partial charge in [-0.15, -0.1) is 0 Å². The zero-order valence-corrected chi connectivity index (χ0v) is 22.6. The van der Waals surface area contributed by atoms with Crippen molar-refractivity contribution < 1.29 is 14.4 Å². The summed E-state index contributed by atoms with van der Waals surface area (Å²) in [6.07, 6.45) is 4.49. The second-order valence-corrected chi connectivity index (χ2v) is 9.49. The number of benzene rings is 4. The number of allylic oxidation sites excluding steroid dienone is 1. The average molecular weight is 576 g/mol. The zero-order chi connectivity index (χ0) is 27.8. The maximum absolute atomic E-state index is 13.2. The van der Waals surface area contributed by atoms with Crippen LogP contribution in [0.1, 0.15) is 31.8 Å². The number of amides is 2. The van der Waals surface area contributed by atoms with E-state index in [0.29, 0.717) is 37.4 Å². The second kappa shape index (κ2) is 13.1. The molecule has 5 nitrogen and oxygen atoms in total. The van der Waals surface area contributed by atoms with Crippen LogP contribution in [0, 0.1) is 0 Å². The Morgan fingerprint density at radius 3 is 1.92 bits per heavy atom. The number of carbonyl (C=O) groups excluding carboxylic acids is 3. The molecular weight excluding hydrogens is 555 g/mol. The Bertz CT molecular complexity index is 1560. The Kier molecular flexibility index (Phi) is 9.34. The van der Waals surface area contributed by atoms with Crippen LogP contribution in [-0.2, 0) is 4.79 Å². The lowest BCUT2D eigenvalue weighted by Gasteiger charge is -2.12. The molecule has 39 heavy (non-hydrogen) atoms. The molecule has 2 N–H and O–H groups in total. The van der Waals surface area contributed by atoms with E-state index in [1.807, 2.05) is 18.2 Å². The molecule has 0 spiro atoms. The van der Waals surface area contributed by atoms with Crippen LogP contribution >= 0.6 is 34.8 Å². The Hall–Kier alpha value is -4.16. The molecule has 0 aliphatic carbocycles. The topological polar surface area (TPSA) is 75.3 Å². The minimum absolute atomic E-state index is 0.0679. The molecule has 0 aliphatic rings. The van der Waals surface area contributed by atoms with Gasteiger partial charge >= 0.3 is 0 Å². The molecule has 0 aliphatic heterocycles. The van der Waals surface area contributed by atoms with Crippen molar-refractivity contribution in [2.75, 3.05) is 5.32 Å². The predicted molar refractivity (Wildman–Crippen MR) is 158 cm³/mol. The molecule has 0 saturated carbocycles. The van der Waals surface area contributed by atoms with E-state index in [1.54, 1.807) is 84.9 Å². The molecular formula is C31H21Cl3N2O3. The number of halogens is 3. The molecule has 4 aromatic rings. The van der Waals surface area contributed by atoms with Crippen LogP contribution < -0.4 is 10.6 Å². The normalized spacial score (nSPS) is 11.3. The second-order valence-electron chi connectivity index (χ2n) is 8.26. The van der Waals surface area contributed by atoms with E-state index in [4.69, 9.17) is 34.8 Å². The van der Waals surface area contributed by atoms with Crippen LogP contribution in [0.15, 0.2) is 109 Å². The van der Waals surface area contributed by atoms with E-state index in [0.717, 1.165) is 5.56 Å². The first-order valence-electron chi connectivity index (χ1n) is 11.7. The Labute approximate surface area is 240 Å². The van der Waals surface area contributed by atoms with Crippen molar-refractivity contribution in [3.05, 3.63) is 146 Å². The summed E-state index contributed by atoms with van der Waals surface area (Å²) < 4.78 is 0. The predicted octanol–water partition coefficient (Wildman–Crippen LogP) is 7.95. The lowest BCUT2D eigenvalue weighted by molar-refractivity contribution is -0.113. The maximum atomic E-state index is 13.2. The molecule has 0 radical (unpaired) electrons. The lowest BCUT2D eigenvalue weighted by atomic mass is 10.1. The van der Waals surface area contributed by atoms with Gasteiger partial charge in [-0.2, -0.15) is 0 Å². The third-order valence-electron chi connectivity index (χ3n) is 5.56. The molecule has 0 aromatic heterocycles. The minimum Gasteiger partial charge on any atom is -0.321 e. The highest BCUT2D eigenvalue weighted by Gasteiger charge is 2.17. The maximum Gasteiger partial charge on any atom is 0.272 e. The van der Waals surface area contributed by atoms with E-state index in [9.17, 15) is 14.4 Å². The van der Waals surface area contributed by atoms with Gasteiger partial charge in [-0.3, -0.25) is 14.4 Å². The van der Waals surface area contributed by atoms with Crippen LogP contribution in [0.3, 0.4) is 0 Å². The van der Waals surface area contributed by atoms with Gasteiger partial charge in [-0.1, -0.05) is 77.3 Å². The first-order valence-corrected chi connectivity index (χ1v) is 12.9. The molecule has 194 valence electrons. The number of carbonyl (C=O) groups is 3. The van der Waals surface area contributed by atoms with E-state index in [1.165, 1.54) is 12.2 Å². The highest BCUT2D eigenvalue weighted by Crippen LogP contribution is 2.27. The molecule has 4 aromatic carbocycles. The summed E-state index contributed by atoms with van der Waals surface area (Å²) in [5.41, 5.74) is 2.25. The molecule has 8 heteroatoms. The number of hydrogen-bond acceptors (Lipinski definition) is 3. The van der Waals surface area contributed by atoms with Gasteiger partial charge in [-0.25, -0.2) is 0 Å².